The maximum absolute atomic E-state index is 11.6. The molecule has 0 aliphatic rings. The molecule has 0 saturated heterocycles. The van der Waals surface area contributed by atoms with Crippen molar-refractivity contribution in [1.82, 2.24) is 10.3 Å². The van der Waals surface area contributed by atoms with Gasteiger partial charge in [0.05, 0.1) is 6.61 Å². The van der Waals surface area contributed by atoms with Crippen molar-refractivity contribution in [2.75, 3.05) is 13.2 Å². The Morgan fingerprint density at radius 2 is 2.31 bits per heavy atom. The van der Waals surface area contributed by atoms with Crippen LogP contribution in [-0.2, 0) is 4.79 Å². The van der Waals surface area contributed by atoms with Gasteiger partial charge in [0.15, 0.2) is 0 Å². The van der Waals surface area contributed by atoms with Gasteiger partial charge in [-0.2, -0.15) is 0 Å². The summed E-state index contributed by atoms with van der Waals surface area (Å²) in [6.07, 6.45) is 1.50. The van der Waals surface area contributed by atoms with Crippen LogP contribution in [0.15, 0.2) is 18.3 Å². The minimum atomic E-state index is -1.10. The number of ether oxygens (including phenoxy) is 1. The minimum Gasteiger partial charge on any atom is -0.480 e. The lowest BCUT2D eigenvalue weighted by Crippen LogP contribution is -2.29. The number of pyridine rings is 1. The number of nitrogens with zero attached hydrogens (tertiary/aromatic N) is 1. The van der Waals surface area contributed by atoms with E-state index in [9.17, 15) is 9.59 Å². The van der Waals surface area contributed by atoms with Crippen molar-refractivity contribution in [1.29, 1.82) is 0 Å². The molecular weight excluding hydrogens is 212 g/mol. The summed E-state index contributed by atoms with van der Waals surface area (Å²) in [5.74, 6) is -1.41. The van der Waals surface area contributed by atoms with E-state index < -0.39 is 18.4 Å². The quantitative estimate of drug-likeness (QED) is 0.750. The Bertz CT molecular complexity index is 392. The van der Waals surface area contributed by atoms with Gasteiger partial charge in [-0.3, -0.25) is 9.59 Å². The van der Waals surface area contributed by atoms with Gasteiger partial charge in [0.2, 0.25) is 5.88 Å². The van der Waals surface area contributed by atoms with Crippen LogP contribution in [0.2, 0.25) is 0 Å². The second-order valence-corrected chi connectivity index (χ2v) is 2.87. The molecule has 1 aromatic rings. The number of rotatable bonds is 5. The lowest BCUT2D eigenvalue weighted by Gasteiger charge is -2.07. The van der Waals surface area contributed by atoms with E-state index in [-0.39, 0.29) is 11.4 Å². The highest BCUT2D eigenvalue weighted by Crippen LogP contribution is 2.13. The molecule has 1 heterocycles. The topological polar surface area (TPSA) is 88.5 Å². The van der Waals surface area contributed by atoms with Crippen molar-refractivity contribution in [2.45, 2.75) is 6.92 Å². The number of aromatic nitrogens is 1. The van der Waals surface area contributed by atoms with Crippen molar-refractivity contribution >= 4 is 11.9 Å². The number of carbonyl (C=O) groups excluding carboxylic acids is 1. The predicted octanol–water partition coefficient (Wildman–Crippen LogP) is 0.295. The zero-order valence-corrected chi connectivity index (χ0v) is 8.77. The van der Waals surface area contributed by atoms with E-state index in [0.29, 0.717) is 6.61 Å². The summed E-state index contributed by atoms with van der Waals surface area (Å²) in [6.45, 7) is 1.73. The molecule has 0 saturated carbocycles. The molecular formula is C10H12N2O4. The maximum Gasteiger partial charge on any atom is 0.322 e. The Balaban J connectivity index is 2.77. The van der Waals surface area contributed by atoms with Gasteiger partial charge in [-0.1, -0.05) is 0 Å². The summed E-state index contributed by atoms with van der Waals surface area (Å²) < 4.78 is 5.15. The molecule has 86 valence electrons. The van der Waals surface area contributed by atoms with Crippen molar-refractivity contribution in [2.24, 2.45) is 0 Å². The van der Waals surface area contributed by atoms with Crippen LogP contribution in [0.5, 0.6) is 5.88 Å². The van der Waals surface area contributed by atoms with E-state index in [1.54, 1.807) is 13.0 Å². The molecule has 0 fully saturated rings. The summed E-state index contributed by atoms with van der Waals surface area (Å²) in [5, 5.41) is 10.7. The van der Waals surface area contributed by atoms with E-state index in [1.807, 2.05) is 0 Å². The molecule has 0 atom stereocenters. The monoisotopic (exact) mass is 224 g/mol. The second-order valence-electron chi connectivity index (χ2n) is 2.87. The first-order valence-corrected chi connectivity index (χ1v) is 4.73. The van der Waals surface area contributed by atoms with Crippen molar-refractivity contribution in [3.8, 4) is 5.88 Å². The summed E-state index contributed by atoms with van der Waals surface area (Å²) in [5.41, 5.74) is 0.227. The molecule has 6 heteroatoms. The molecule has 0 aliphatic carbocycles. The molecule has 0 bridgehead atoms. The molecule has 0 aromatic carbocycles. The molecule has 1 rings (SSSR count). The molecule has 16 heavy (non-hydrogen) atoms. The predicted molar refractivity (Wildman–Crippen MR) is 55.4 cm³/mol. The highest BCUT2D eigenvalue weighted by Gasteiger charge is 2.13. The number of aliphatic carboxylic acids is 1. The van der Waals surface area contributed by atoms with Crippen LogP contribution in [0.3, 0.4) is 0 Å². The number of nitrogens with one attached hydrogen (secondary N) is 1. The third kappa shape index (κ3) is 3.23. The molecule has 1 amide bonds. The van der Waals surface area contributed by atoms with Crippen molar-refractivity contribution in [3.63, 3.8) is 0 Å². The maximum atomic E-state index is 11.6. The first-order chi connectivity index (χ1) is 7.65. The van der Waals surface area contributed by atoms with E-state index in [0.717, 1.165) is 0 Å². The Morgan fingerprint density at radius 3 is 2.94 bits per heavy atom. The smallest absolute Gasteiger partial charge is 0.322 e. The zero-order valence-electron chi connectivity index (χ0n) is 8.77. The van der Waals surface area contributed by atoms with Crippen LogP contribution in [0.25, 0.3) is 0 Å². The molecule has 1 aromatic heterocycles. The van der Waals surface area contributed by atoms with Gasteiger partial charge in [0, 0.05) is 6.20 Å². The Hall–Kier alpha value is -2.11. The second kappa shape index (κ2) is 5.69. The molecule has 6 nitrogen and oxygen atoms in total. The molecule has 0 unspecified atom stereocenters. The fourth-order valence-electron chi connectivity index (χ4n) is 1.07. The summed E-state index contributed by atoms with van der Waals surface area (Å²) in [7, 11) is 0. The Labute approximate surface area is 92.3 Å². The highest BCUT2D eigenvalue weighted by atomic mass is 16.5. The zero-order chi connectivity index (χ0) is 12.0. The SMILES string of the molecule is CCOc1ncccc1C(=O)NCC(=O)O. The van der Waals surface area contributed by atoms with Gasteiger partial charge < -0.3 is 15.2 Å². The molecule has 0 spiro atoms. The van der Waals surface area contributed by atoms with E-state index >= 15 is 0 Å². The summed E-state index contributed by atoms with van der Waals surface area (Å²) in [4.78, 5) is 25.7. The molecule has 0 aliphatic heterocycles. The number of carboxylic acid groups (broad SMARTS) is 1. The average molecular weight is 224 g/mol. The minimum absolute atomic E-state index is 0.202. The van der Waals surface area contributed by atoms with Crippen LogP contribution in [0, 0.1) is 0 Å². The Morgan fingerprint density at radius 1 is 1.56 bits per heavy atom. The first kappa shape index (κ1) is 12.0. The standard InChI is InChI=1S/C10H12N2O4/c1-2-16-10-7(4-3-5-11-10)9(15)12-6-8(13)14/h3-5H,2,6H2,1H3,(H,12,15)(H,13,14). The lowest BCUT2D eigenvalue weighted by molar-refractivity contribution is -0.135. The fraction of sp³-hybridized carbons (Fsp3) is 0.300. The highest BCUT2D eigenvalue weighted by molar-refractivity contribution is 5.97. The largest absolute Gasteiger partial charge is 0.480 e. The van der Waals surface area contributed by atoms with Crippen molar-refractivity contribution < 1.29 is 19.4 Å². The van der Waals surface area contributed by atoms with Crippen LogP contribution in [0.4, 0.5) is 0 Å². The number of amides is 1. The van der Waals surface area contributed by atoms with Gasteiger partial charge in [-0.15, -0.1) is 0 Å². The van der Waals surface area contributed by atoms with Crippen LogP contribution in [-0.4, -0.2) is 35.1 Å². The lowest BCUT2D eigenvalue weighted by atomic mass is 10.2. The van der Waals surface area contributed by atoms with E-state index in [4.69, 9.17) is 9.84 Å². The third-order valence-corrected chi connectivity index (χ3v) is 1.70. The third-order valence-electron chi connectivity index (χ3n) is 1.70. The summed E-state index contributed by atoms with van der Waals surface area (Å²) >= 11 is 0. The van der Waals surface area contributed by atoms with Gasteiger partial charge in [0.25, 0.3) is 5.91 Å². The van der Waals surface area contributed by atoms with Crippen LogP contribution < -0.4 is 10.1 Å². The van der Waals surface area contributed by atoms with Gasteiger partial charge in [-0.05, 0) is 19.1 Å². The van der Waals surface area contributed by atoms with Gasteiger partial charge >= 0.3 is 5.97 Å². The summed E-state index contributed by atoms with van der Waals surface area (Å²) in [6, 6.07) is 3.10. The number of carbonyl (C=O) groups is 2. The molecule has 2 N–H and O–H groups in total. The van der Waals surface area contributed by atoms with Crippen LogP contribution >= 0.6 is 0 Å². The Kier molecular flexibility index (Phi) is 4.26. The van der Waals surface area contributed by atoms with Gasteiger partial charge in [-0.25, -0.2) is 4.98 Å². The number of carboxylic acids is 1. The van der Waals surface area contributed by atoms with E-state index in [1.165, 1.54) is 12.3 Å². The average Bonchev–Trinajstić information content (AvgIpc) is 2.27. The fourth-order valence-corrected chi connectivity index (χ4v) is 1.07. The number of hydrogen-bond acceptors (Lipinski definition) is 4. The van der Waals surface area contributed by atoms with Crippen LogP contribution in [0.1, 0.15) is 17.3 Å². The number of hydrogen-bond donors (Lipinski definition) is 2. The van der Waals surface area contributed by atoms with Gasteiger partial charge in [0.1, 0.15) is 12.1 Å². The normalized spacial score (nSPS) is 9.56. The van der Waals surface area contributed by atoms with E-state index in [2.05, 4.69) is 10.3 Å². The van der Waals surface area contributed by atoms with Crippen molar-refractivity contribution in [3.05, 3.63) is 23.9 Å². The first-order valence-electron chi connectivity index (χ1n) is 4.73. The molecule has 0 radical (unpaired) electrons.